The maximum absolute atomic E-state index is 13.3. The Bertz CT molecular complexity index is 810. The standard InChI is InChI=1S/C18H26N4O2S/c19-8-2-1-4-17-14-20-9-3-11-22(17)25(23,24)18-6-5-16-13-21-10-7-15(16)12-18/h5-7,10,12-13,17,20H,1-4,8-9,11,14,19H2. The molecule has 1 aromatic heterocycles. The van der Waals surface area contributed by atoms with Gasteiger partial charge in [0.15, 0.2) is 0 Å². The Morgan fingerprint density at radius 2 is 2.12 bits per heavy atom. The normalized spacial score (nSPS) is 19.8. The molecule has 1 aliphatic heterocycles. The Kier molecular flexibility index (Phi) is 6.01. The lowest BCUT2D eigenvalue weighted by atomic mass is 10.1. The summed E-state index contributed by atoms with van der Waals surface area (Å²) in [5.74, 6) is 0. The molecule has 1 fully saturated rings. The summed E-state index contributed by atoms with van der Waals surface area (Å²) in [6.45, 7) is 2.74. The average Bonchev–Trinajstić information content (AvgIpc) is 2.87. The molecule has 2 heterocycles. The van der Waals surface area contributed by atoms with Crippen LogP contribution in [0.1, 0.15) is 25.7 Å². The zero-order valence-corrected chi connectivity index (χ0v) is 15.2. The predicted octanol–water partition coefficient (Wildman–Crippen LogP) is 1.72. The molecule has 25 heavy (non-hydrogen) atoms. The fraction of sp³-hybridized carbons (Fsp3) is 0.500. The van der Waals surface area contributed by atoms with Crippen LogP contribution < -0.4 is 11.1 Å². The van der Waals surface area contributed by atoms with Crippen LogP contribution in [0.3, 0.4) is 0 Å². The summed E-state index contributed by atoms with van der Waals surface area (Å²) in [5.41, 5.74) is 5.59. The van der Waals surface area contributed by atoms with E-state index in [1.165, 1.54) is 0 Å². The van der Waals surface area contributed by atoms with Crippen molar-refractivity contribution >= 4 is 20.8 Å². The number of nitrogens with one attached hydrogen (secondary N) is 1. The predicted molar refractivity (Wildman–Crippen MR) is 99.8 cm³/mol. The van der Waals surface area contributed by atoms with E-state index in [9.17, 15) is 8.42 Å². The first-order valence-electron chi connectivity index (χ1n) is 8.89. The monoisotopic (exact) mass is 362 g/mol. The summed E-state index contributed by atoms with van der Waals surface area (Å²) >= 11 is 0. The van der Waals surface area contributed by atoms with Crippen molar-refractivity contribution in [3.63, 3.8) is 0 Å². The highest BCUT2D eigenvalue weighted by molar-refractivity contribution is 7.89. The fourth-order valence-electron chi connectivity index (χ4n) is 3.36. The van der Waals surface area contributed by atoms with E-state index in [0.29, 0.717) is 24.5 Å². The number of pyridine rings is 1. The molecule has 1 atom stereocenters. The third-order valence-corrected chi connectivity index (χ3v) is 6.68. The summed E-state index contributed by atoms with van der Waals surface area (Å²) in [7, 11) is -3.52. The number of rotatable bonds is 6. The molecule has 0 aliphatic carbocycles. The van der Waals surface area contributed by atoms with Gasteiger partial charge in [-0.05, 0) is 55.9 Å². The van der Waals surface area contributed by atoms with Gasteiger partial charge in [-0.25, -0.2) is 8.42 Å². The van der Waals surface area contributed by atoms with Crippen LogP contribution in [0.4, 0.5) is 0 Å². The van der Waals surface area contributed by atoms with E-state index in [4.69, 9.17) is 5.73 Å². The second-order valence-corrected chi connectivity index (χ2v) is 8.39. The summed E-state index contributed by atoms with van der Waals surface area (Å²) < 4.78 is 28.3. The van der Waals surface area contributed by atoms with Crippen LogP contribution in [0.2, 0.25) is 0 Å². The summed E-state index contributed by atoms with van der Waals surface area (Å²) in [6.07, 6.45) is 6.96. The molecule has 0 radical (unpaired) electrons. The van der Waals surface area contributed by atoms with Crippen molar-refractivity contribution in [2.75, 3.05) is 26.2 Å². The van der Waals surface area contributed by atoms with E-state index in [2.05, 4.69) is 10.3 Å². The maximum Gasteiger partial charge on any atom is 0.243 e. The van der Waals surface area contributed by atoms with Gasteiger partial charge in [0.25, 0.3) is 0 Å². The molecule has 0 saturated carbocycles. The van der Waals surface area contributed by atoms with Crippen molar-refractivity contribution in [1.82, 2.24) is 14.6 Å². The highest BCUT2D eigenvalue weighted by Crippen LogP contribution is 2.25. The second kappa shape index (κ2) is 8.23. The molecular formula is C18H26N4O2S. The Labute approximate surface area is 149 Å². The Morgan fingerprint density at radius 3 is 2.96 bits per heavy atom. The van der Waals surface area contributed by atoms with Gasteiger partial charge in [-0.2, -0.15) is 4.31 Å². The van der Waals surface area contributed by atoms with Gasteiger partial charge in [0.2, 0.25) is 10.0 Å². The second-order valence-electron chi connectivity index (χ2n) is 6.50. The first-order chi connectivity index (χ1) is 12.1. The highest BCUT2D eigenvalue weighted by Gasteiger charge is 2.32. The Hall–Kier alpha value is -1.54. The van der Waals surface area contributed by atoms with Gasteiger partial charge in [0.1, 0.15) is 0 Å². The molecule has 3 N–H and O–H groups in total. The summed E-state index contributed by atoms with van der Waals surface area (Å²) in [6, 6.07) is 7.09. The SMILES string of the molecule is NCCCCC1CNCCCN1S(=O)(=O)c1ccc2cnccc2c1. The largest absolute Gasteiger partial charge is 0.330 e. The molecule has 0 bridgehead atoms. The van der Waals surface area contributed by atoms with Crippen molar-refractivity contribution in [3.8, 4) is 0 Å². The van der Waals surface area contributed by atoms with Crippen LogP contribution in [0.5, 0.6) is 0 Å². The molecule has 1 unspecified atom stereocenters. The molecule has 0 spiro atoms. The van der Waals surface area contributed by atoms with Crippen LogP contribution >= 0.6 is 0 Å². The number of nitrogens with two attached hydrogens (primary N) is 1. The van der Waals surface area contributed by atoms with Crippen LogP contribution in [0.15, 0.2) is 41.6 Å². The lowest BCUT2D eigenvalue weighted by Crippen LogP contribution is -2.43. The molecule has 2 aromatic rings. The van der Waals surface area contributed by atoms with E-state index in [1.54, 1.807) is 28.8 Å². The van der Waals surface area contributed by atoms with E-state index >= 15 is 0 Å². The third kappa shape index (κ3) is 4.17. The number of fused-ring (bicyclic) bond motifs is 1. The molecule has 6 nitrogen and oxygen atoms in total. The molecular weight excluding hydrogens is 336 g/mol. The number of nitrogens with zero attached hydrogens (tertiary/aromatic N) is 2. The topological polar surface area (TPSA) is 88.3 Å². The van der Waals surface area contributed by atoms with Crippen molar-refractivity contribution in [1.29, 1.82) is 0 Å². The van der Waals surface area contributed by atoms with E-state index in [-0.39, 0.29) is 6.04 Å². The van der Waals surface area contributed by atoms with E-state index < -0.39 is 10.0 Å². The summed E-state index contributed by atoms with van der Waals surface area (Å²) in [5, 5.41) is 5.20. The van der Waals surface area contributed by atoms with Gasteiger partial charge >= 0.3 is 0 Å². The number of unbranched alkanes of at least 4 members (excludes halogenated alkanes) is 1. The van der Waals surface area contributed by atoms with Crippen molar-refractivity contribution < 1.29 is 8.42 Å². The van der Waals surface area contributed by atoms with Gasteiger partial charge < -0.3 is 11.1 Å². The molecule has 7 heteroatoms. The molecule has 1 aliphatic rings. The Morgan fingerprint density at radius 1 is 1.24 bits per heavy atom. The number of sulfonamides is 1. The van der Waals surface area contributed by atoms with Crippen molar-refractivity contribution in [2.24, 2.45) is 5.73 Å². The van der Waals surface area contributed by atoms with Crippen molar-refractivity contribution in [3.05, 3.63) is 36.7 Å². The minimum atomic E-state index is -3.52. The average molecular weight is 362 g/mol. The lowest BCUT2D eigenvalue weighted by Gasteiger charge is -2.29. The van der Waals surface area contributed by atoms with Crippen LogP contribution in [-0.2, 0) is 10.0 Å². The zero-order chi connectivity index (χ0) is 17.7. The van der Waals surface area contributed by atoms with Gasteiger partial charge in [0.05, 0.1) is 4.90 Å². The summed E-state index contributed by atoms with van der Waals surface area (Å²) in [4.78, 5) is 4.44. The van der Waals surface area contributed by atoms with Crippen LogP contribution in [-0.4, -0.2) is 49.9 Å². The minimum absolute atomic E-state index is 0.0211. The third-order valence-electron chi connectivity index (χ3n) is 4.73. The quantitative estimate of drug-likeness (QED) is 0.764. The molecule has 0 amide bonds. The molecule has 1 aromatic carbocycles. The van der Waals surface area contributed by atoms with Gasteiger partial charge in [0, 0.05) is 36.9 Å². The fourth-order valence-corrected chi connectivity index (χ4v) is 5.09. The van der Waals surface area contributed by atoms with Gasteiger partial charge in [-0.3, -0.25) is 4.98 Å². The zero-order valence-electron chi connectivity index (χ0n) is 14.4. The lowest BCUT2D eigenvalue weighted by molar-refractivity contribution is 0.312. The maximum atomic E-state index is 13.3. The molecule has 1 saturated heterocycles. The van der Waals surface area contributed by atoms with Crippen molar-refractivity contribution in [2.45, 2.75) is 36.6 Å². The minimum Gasteiger partial charge on any atom is -0.330 e. The number of hydrogen-bond acceptors (Lipinski definition) is 5. The van der Waals surface area contributed by atoms with Gasteiger partial charge in [-0.15, -0.1) is 0 Å². The van der Waals surface area contributed by atoms with Crippen LogP contribution in [0, 0.1) is 0 Å². The van der Waals surface area contributed by atoms with Gasteiger partial charge in [-0.1, -0.05) is 12.5 Å². The molecule has 3 rings (SSSR count). The van der Waals surface area contributed by atoms with Crippen LogP contribution in [0.25, 0.3) is 10.8 Å². The highest BCUT2D eigenvalue weighted by atomic mass is 32.2. The number of aromatic nitrogens is 1. The smallest absolute Gasteiger partial charge is 0.243 e. The van der Waals surface area contributed by atoms with E-state index in [1.807, 2.05) is 12.1 Å². The first kappa shape index (κ1) is 18.3. The van der Waals surface area contributed by atoms with E-state index in [0.717, 1.165) is 43.0 Å². The Balaban J connectivity index is 1.90. The first-order valence-corrected chi connectivity index (χ1v) is 10.3. The number of benzene rings is 1. The number of hydrogen-bond donors (Lipinski definition) is 2. The molecule has 136 valence electrons.